The Labute approximate surface area is 175 Å². The van der Waals surface area contributed by atoms with Crippen molar-refractivity contribution >= 4 is 21.6 Å². The third kappa shape index (κ3) is 5.90. The minimum Gasteiger partial charge on any atom is -0.373 e. The molecule has 0 aliphatic heterocycles. The van der Waals surface area contributed by atoms with E-state index in [0.29, 0.717) is 11.3 Å². The van der Waals surface area contributed by atoms with Crippen LogP contribution in [0.25, 0.3) is 11.3 Å². The smallest absolute Gasteiger partial charge is 0.256 e. The first-order valence-electron chi connectivity index (χ1n) is 9.13. The third-order valence-electron chi connectivity index (χ3n) is 4.28. The van der Waals surface area contributed by atoms with E-state index in [0.717, 1.165) is 23.1 Å². The molecule has 0 bridgehead atoms. The lowest BCUT2D eigenvalue weighted by atomic mass is 10.0. The lowest BCUT2D eigenvalue weighted by Crippen LogP contribution is -2.43. The van der Waals surface area contributed by atoms with Gasteiger partial charge in [-0.1, -0.05) is 30.3 Å². The number of hydrogen-bond acceptors (Lipinski definition) is 6. The molecule has 0 unspecified atom stereocenters. The largest absolute Gasteiger partial charge is 0.373 e. The van der Waals surface area contributed by atoms with E-state index < -0.39 is 22.0 Å². The Morgan fingerprint density at radius 3 is 2.50 bits per heavy atom. The average molecular weight is 420 g/mol. The first kappa shape index (κ1) is 21.0. The van der Waals surface area contributed by atoms with Crippen molar-refractivity contribution in [3.63, 3.8) is 0 Å². The number of nitrogens with one attached hydrogen (secondary N) is 2. The second-order valence-corrected chi connectivity index (χ2v) is 8.49. The van der Waals surface area contributed by atoms with Crippen molar-refractivity contribution in [2.75, 3.05) is 11.6 Å². The summed E-state index contributed by atoms with van der Waals surface area (Å²) in [7, 11) is -3.71. The number of amides is 1. The minimum absolute atomic E-state index is 0.207. The van der Waals surface area contributed by atoms with Crippen molar-refractivity contribution < 1.29 is 13.2 Å². The van der Waals surface area contributed by atoms with Crippen LogP contribution in [0.5, 0.6) is 0 Å². The second kappa shape index (κ2) is 9.20. The van der Waals surface area contributed by atoms with Gasteiger partial charge in [0.05, 0.1) is 23.6 Å². The highest BCUT2D eigenvalue weighted by atomic mass is 32.2. The van der Waals surface area contributed by atoms with Gasteiger partial charge in [0.15, 0.2) is 0 Å². The molecule has 2 N–H and O–H groups in total. The van der Waals surface area contributed by atoms with Crippen LogP contribution in [0.4, 0.5) is 5.69 Å². The molecule has 8 heteroatoms. The summed E-state index contributed by atoms with van der Waals surface area (Å²) < 4.78 is 25.1. The van der Waals surface area contributed by atoms with Crippen LogP contribution in [0.2, 0.25) is 0 Å². The van der Waals surface area contributed by atoms with Gasteiger partial charge in [0.25, 0.3) is 5.91 Å². The van der Waals surface area contributed by atoms with Crippen molar-refractivity contribution in [3.8, 4) is 17.3 Å². The van der Waals surface area contributed by atoms with Crippen molar-refractivity contribution in [1.29, 1.82) is 5.26 Å². The van der Waals surface area contributed by atoms with Gasteiger partial charge in [0.1, 0.15) is 6.04 Å². The summed E-state index contributed by atoms with van der Waals surface area (Å²) in [6.07, 6.45) is 2.85. The monoisotopic (exact) mass is 420 g/mol. The second-order valence-electron chi connectivity index (χ2n) is 6.74. The number of rotatable bonds is 7. The lowest BCUT2D eigenvalue weighted by molar-refractivity contribution is -0.120. The molecule has 0 spiro atoms. The highest BCUT2D eigenvalue weighted by Gasteiger charge is 2.22. The van der Waals surface area contributed by atoms with Crippen LogP contribution in [0.3, 0.4) is 0 Å². The highest BCUT2D eigenvalue weighted by molar-refractivity contribution is 7.89. The summed E-state index contributed by atoms with van der Waals surface area (Å²) in [6, 6.07) is 21.0. The quantitative estimate of drug-likeness (QED) is 0.608. The number of nitriles is 1. The maximum absolute atomic E-state index is 12.6. The Morgan fingerprint density at radius 1 is 1.10 bits per heavy atom. The molecule has 0 radical (unpaired) electrons. The average Bonchev–Trinajstić information content (AvgIpc) is 2.73. The van der Waals surface area contributed by atoms with Gasteiger partial charge in [-0.05, 0) is 42.0 Å². The van der Waals surface area contributed by atoms with Crippen LogP contribution in [-0.4, -0.2) is 31.6 Å². The zero-order valence-corrected chi connectivity index (χ0v) is 17.1. The van der Waals surface area contributed by atoms with Crippen LogP contribution in [0, 0.1) is 11.3 Å². The zero-order chi connectivity index (χ0) is 21.6. The Hall–Kier alpha value is -3.70. The Morgan fingerprint density at radius 2 is 1.87 bits per heavy atom. The summed E-state index contributed by atoms with van der Waals surface area (Å²) in [4.78, 5) is 16.9. The fraction of sp³-hybridized carbons (Fsp3) is 0.136. The molecule has 1 heterocycles. The lowest BCUT2D eigenvalue weighted by Gasteiger charge is -2.19. The highest BCUT2D eigenvalue weighted by Crippen LogP contribution is 2.20. The molecule has 1 aromatic heterocycles. The normalized spacial score (nSPS) is 11.9. The molecule has 1 atom stereocenters. The number of benzene rings is 2. The van der Waals surface area contributed by atoms with E-state index in [1.165, 1.54) is 0 Å². The third-order valence-corrected chi connectivity index (χ3v) is 4.86. The van der Waals surface area contributed by atoms with E-state index in [1.807, 2.05) is 35.1 Å². The van der Waals surface area contributed by atoms with E-state index in [1.54, 1.807) is 42.6 Å². The minimum atomic E-state index is -3.71. The number of sulfonamides is 1. The van der Waals surface area contributed by atoms with Gasteiger partial charge < -0.3 is 5.32 Å². The predicted molar refractivity (Wildman–Crippen MR) is 115 cm³/mol. The van der Waals surface area contributed by atoms with E-state index >= 15 is 0 Å². The number of carbonyl (C=O) groups excluding carboxylic acids is 1. The van der Waals surface area contributed by atoms with Crippen LogP contribution in [-0.2, 0) is 21.2 Å². The number of aromatic nitrogens is 1. The molecular weight excluding hydrogens is 400 g/mol. The number of pyridine rings is 1. The van der Waals surface area contributed by atoms with Crippen molar-refractivity contribution in [2.45, 2.75) is 12.5 Å². The van der Waals surface area contributed by atoms with E-state index in [-0.39, 0.29) is 6.42 Å². The van der Waals surface area contributed by atoms with Gasteiger partial charge in [0.2, 0.25) is 10.0 Å². The molecule has 0 saturated heterocycles. The molecule has 1 amide bonds. The molecule has 0 saturated carbocycles. The van der Waals surface area contributed by atoms with Gasteiger partial charge in [-0.3, -0.25) is 14.5 Å². The van der Waals surface area contributed by atoms with Crippen LogP contribution >= 0.6 is 0 Å². The van der Waals surface area contributed by atoms with Gasteiger partial charge in [-0.2, -0.15) is 5.26 Å². The van der Waals surface area contributed by atoms with Gasteiger partial charge in [-0.25, -0.2) is 8.42 Å². The van der Waals surface area contributed by atoms with Crippen molar-refractivity contribution in [2.24, 2.45) is 0 Å². The van der Waals surface area contributed by atoms with Gasteiger partial charge in [0, 0.05) is 23.9 Å². The fourth-order valence-corrected chi connectivity index (χ4v) is 3.45. The van der Waals surface area contributed by atoms with E-state index in [9.17, 15) is 13.2 Å². The van der Waals surface area contributed by atoms with Crippen LogP contribution in [0.1, 0.15) is 11.1 Å². The SMILES string of the molecule is CS(=O)(=O)NC(=O)[C@H](Cc1cccc(C#N)c1)Nc1ccc(-c2ccccn2)cc1. The Kier molecular flexibility index (Phi) is 6.45. The molecular formula is C22H20N4O3S. The summed E-state index contributed by atoms with van der Waals surface area (Å²) >= 11 is 0. The molecule has 3 rings (SSSR count). The summed E-state index contributed by atoms with van der Waals surface area (Å²) in [5.41, 5.74) is 3.60. The fourth-order valence-electron chi connectivity index (χ4n) is 2.94. The summed E-state index contributed by atoms with van der Waals surface area (Å²) in [6.45, 7) is 0. The predicted octanol–water partition coefficient (Wildman–Crippen LogP) is 2.72. The van der Waals surface area contributed by atoms with Crippen LogP contribution < -0.4 is 10.0 Å². The molecule has 152 valence electrons. The van der Waals surface area contributed by atoms with Crippen LogP contribution in [0.15, 0.2) is 72.9 Å². The van der Waals surface area contributed by atoms with Gasteiger partial charge >= 0.3 is 0 Å². The molecule has 2 aromatic carbocycles. The molecule has 7 nitrogen and oxygen atoms in total. The van der Waals surface area contributed by atoms with Crippen molar-refractivity contribution in [1.82, 2.24) is 9.71 Å². The zero-order valence-electron chi connectivity index (χ0n) is 16.2. The summed E-state index contributed by atoms with van der Waals surface area (Å²) in [5, 5.41) is 12.2. The van der Waals surface area contributed by atoms with E-state index in [2.05, 4.69) is 16.4 Å². The summed E-state index contributed by atoms with van der Waals surface area (Å²) in [5.74, 6) is -0.673. The topological polar surface area (TPSA) is 112 Å². The number of anilines is 1. The maximum atomic E-state index is 12.6. The molecule has 0 aliphatic rings. The van der Waals surface area contributed by atoms with Crippen molar-refractivity contribution in [3.05, 3.63) is 84.1 Å². The van der Waals surface area contributed by atoms with Gasteiger partial charge in [-0.15, -0.1) is 0 Å². The maximum Gasteiger partial charge on any atom is 0.256 e. The molecule has 0 fully saturated rings. The number of carbonyl (C=O) groups is 1. The Bertz CT molecular complexity index is 1170. The van der Waals surface area contributed by atoms with E-state index in [4.69, 9.17) is 5.26 Å². The first-order chi connectivity index (χ1) is 14.3. The number of hydrogen-bond donors (Lipinski definition) is 2. The first-order valence-corrected chi connectivity index (χ1v) is 11.0. The Balaban J connectivity index is 1.82. The number of nitrogens with zero attached hydrogens (tertiary/aromatic N) is 2. The standard InChI is InChI=1S/C22H20N4O3S/c1-30(28,29)26-22(27)21(14-16-5-4-6-17(13-16)15-23)25-19-10-8-18(9-11-19)20-7-2-3-12-24-20/h2-13,21,25H,14H2,1H3,(H,26,27)/t21-/m0/s1. The molecule has 0 aliphatic carbocycles. The molecule has 3 aromatic rings. The molecule has 30 heavy (non-hydrogen) atoms.